The summed E-state index contributed by atoms with van der Waals surface area (Å²) in [6, 6.07) is 8.02. The van der Waals surface area contributed by atoms with Gasteiger partial charge in [-0.25, -0.2) is 4.98 Å². The molecule has 0 radical (unpaired) electrons. The molecule has 3 aromatic heterocycles. The van der Waals surface area contributed by atoms with Crippen LogP contribution in [0.25, 0.3) is 16.2 Å². The molecular formula is C12H9BrN2OS. The van der Waals surface area contributed by atoms with Crippen molar-refractivity contribution in [2.24, 2.45) is 0 Å². The minimum absolute atomic E-state index is 0.826. The van der Waals surface area contributed by atoms with Gasteiger partial charge in [-0.2, -0.15) is 0 Å². The Bertz CT molecular complexity index is 674. The number of aromatic nitrogens is 2. The smallest absolute Gasteiger partial charge is 0.154 e. The second-order valence-corrected chi connectivity index (χ2v) is 6.01. The number of ether oxygens (including phenoxy) is 1. The fraction of sp³-hybridized carbons (Fsp3) is 0.0833. The summed E-state index contributed by atoms with van der Waals surface area (Å²) in [5, 5.41) is 0. The summed E-state index contributed by atoms with van der Waals surface area (Å²) in [5.41, 5.74) is 1.06. The van der Waals surface area contributed by atoms with Gasteiger partial charge in [0.25, 0.3) is 0 Å². The standard InChI is InChI=1S/C12H9BrN2OS/c1-16-9-3-2-8-6-14-12(15(8)7-9)10-4-5-11(13)17-10/h2-7H,1H3. The van der Waals surface area contributed by atoms with Gasteiger partial charge in [0.05, 0.1) is 33.7 Å². The largest absolute Gasteiger partial charge is 0.495 e. The number of fused-ring (bicyclic) bond motifs is 1. The van der Waals surface area contributed by atoms with Crippen LogP contribution < -0.4 is 4.74 Å². The van der Waals surface area contributed by atoms with Gasteiger partial charge in [-0.05, 0) is 40.2 Å². The minimum Gasteiger partial charge on any atom is -0.495 e. The van der Waals surface area contributed by atoms with Crippen LogP contribution in [0.2, 0.25) is 0 Å². The molecule has 17 heavy (non-hydrogen) atoms. The van der Waals surface area contributed by atoms with E-state index >= 15 is 0 Å². The highest BCUT2D eigenvalue weighted by Gasteiger charge is 2.09. The number of hydrogen-bond acceptors (Lipinski definition) is 3. The lowest BCUT2D eigenvalue weighted by Gasteiger charge is -2.02. The molecule has 0 saturated heterocycles. The second-order valence-electron chi connectivity index (χ2n) is 3.55. The first-order valence-electron chi connectivity index (χ1n) is 5.05. The zero-order valence-corrected chi connectivity index (χ0v) is 11.5. The van der Waals surface area contributed by atoms with Crippen LogP contribution in [0.3, 0.4) is 0 Å². The lowest BCUT2D eigenvalue weighted by molar-refractivity contribution is 0.412. The zero-order valence-electron chi connectivity index (χ0n) is 9.05. The van der Waals surface area contributed by atoms with E-state index in [1.165, 1.54) is 0 Å². The van der Waals surface area contributed by atoms with E-state index in [4.69, 9.17) is 4.74 Å². The molecule has 0 aliphatic carbocycles. The van der Waals surface area contributed by atoms with Crippen molar-refractivity contribution in [3.63, 3.8) is 0 Å². The van der Waals surface area contributed by atoms with E-state index in [9.17, 15) is 0 Å². The van der Waals surface area contributed by atoms with Gasteiger partial charge in [0.1, 0.15) is 5.75 Å². The molecule has 0 aromatic carbocycles. The molecule has 3 rings (SSSR count). The monoisotopic (exact) mass is 308 g/mol. The Labute approximate surface area is 111 Å². The van der Waals surface area contributed by atoms with Crippen LogP contribution in [0, 0.1) is 0 Å². The molecule has 0 N–H and O–H groups in total. The van der Waals surface area contributed by atoms with E-state index in [1.807, 2.05) is 35.0 Å². The zero-order chi connectivity index (χ0) is 11.8. The van der Waals surface area contributed by atoms with Crippen LogP contribution in [0.1, 0.15) is 0 Å². The van der Waals surface area contributed by atoms with Crippen molar-refractivity contribution in [1.29, 1.82) is 0 Å². The third-order valence-corrected chi connectivity index (χ3v) is 4.15. The van der Waals surface area contributed by atoms with E-state index < -0.39 is 0 Å². The topological polar surface area (TPSA) is 26.5 Å². The molecule has 0 saturated carbocycles. The van der Waals surface area contributed by atoms with Crippen LogP contribution >= 0.6 is 27.3 Å². The number of rotatable bonds is 2. The van der Waals surface area contributed by atoms with E-state index in [1.54, 1.807) is 18.4 Å². The fourth-order valence-electron chi connectivity index (χ4n) is 1.71. The van der Waals surface area contributed by atoms with E-state index in [2.05, 4.69) is 27.0 Å². The highest BCUT2D eigenvalue weighted by molar-refractivity contribution is 9.11. The van der Waals surface area contributed by atoms with Crippen molar-refractivity contribution in [2.75, 3.05) is 7.11 Å². The van der Waals surface area contributed by atoms with Gasteiger partial charge in [0, 0.05) is 0 Å². The maximum absolute atomic E-state index is 5.23. The highest BCUT2D eigenvalue weighted by Crippen LogP contribution is 2.31. The Balaban J connectivity index is 2.22. The number of hydrogen-bond donors (Lipinski definition) is 0. The van der Waals surface area contributed by atoms with Gasteiger partial charge < -0.3 is 4.74 Å². The Kier molecular flexibility index (Phi) is 2.64. The molecule has 0 aliphatic rings. The van der Waals surface area contributed by atoms with Crippen LogP contribution in [-0.2, 0) is 0 Å². The number of nitrogens with zero attached hydrogens (tertiary/aromatic N) is 2. The number of pyridine rings is 1. The quantitative estimate of drug-likeness (QED) is 0.719. The molecule has 86 valence electrons. The maximum Gasteiger partial charge on any atom is 0.154 e. The first-order valence-corrected chi connectivity index (χ1v) is 6.66. The van der Waals surface area contributed by atoms with E-state index in [-0.39, 0.29) is 0 Å². The van der Waals surface area contributed by atoms with Crippen molar-refractivity contribution >= 4 is 32.8 Å². The summed E-state index contributed by atoms with van der Waals surface area (Å²) < 4.78 is 8.38. The molecule has 0 aliphatic heterocycles. The van der Waals surface area contributed by atoms with Gasteiger partial charge >= 0.3 is 0 Å². The lowest BCUT2D eigenvalue weighted by atomic mass is 10.4. The van der Waals surface area contributed by atoms with Crippen molar-refractivity contribution < 1.29 is 4.74 Å². The number of imidazole rings is 1. The molecule has 0 bridgehead atoms. The van der Waals surface area contributed by atoms with Crippen LogP contribution in [0.5, 0.6) is 5.75 Å². The first kappa shape index (κ1) is 10.8. The molecule has 0 fully saturated rings. The summed E-state index contributed by atoms with van der Waals surface area (Å²) in [6.45, 7) is 0. The van der Waals surface area contributed by atoms with Gasteiger partial charge in [-0.3, -0.25) is 4.40 Å². The van der Waals surface area contributed by atoms with Crippen molar-refractivity contribution in [2.45, 2.75) is 0 Å². The number of thiophene rings is 1. The van der Waals surface area contributed by atoms with E-state index in [0.717, 1.165) is 25.8 Å². The molecule has 0 unspecified atom stereocenters. The Morgan fingerprint density at radius 3 is 2.88 bits per heavy atom. The second kappa shape index (κ2) is 4.16. The van der Waals surface area contributed by atoms with Gasteiger partial charge in [-0.15, -0.1) is 11.3 Å². The van der Waals surface area contributed by atoms with Gasteiger partial charge in [0.2, 0.25) is 0 Å². The summed E-state index contributed by atoms with van der Waals surface area (Å²) in [5.74, 6) is 1.77. The number of halogens is 1. The molecule has 0 spiro atoms. The van der Waals surface area contributed by atoms with Crippen LogP contribution in [0.15, 0.2) is 40.4 Å². The maximum atomic E-state index is 5.23. The Morgan fingerprint density at radius 1 is 1.29 bits per heavy atom. The molecule has 0 amide bonds. The van der Waals surface area contributed by atoms with Crippen molar-refractivity contribution in [3.8, 4) is 16.5 Å². The highest BCUT2D eigenvalue weighted by atomic mass is 79.9. The third-order valence-electron chi connectivity index (χ3n) is 2.53. The van der Waals surface area contributed by atoms with Crippen molar-refractivity contribution in [1.82, 2.24) is 9.38 Å². The predicted octanol–water partition coefficient (Wildman–Crippen LogP) is 3.83. The Morgan fingerprint density at radius 2 is 2.18 bits per heavy atom. The normalized spacial score (nSPS) is 10.9. The predicted molar refractivity (Wildman–Crippen MR) is 72.8 cm³/mol. The van der Waals surface area contributed by atoms with Gasteiger partial charge in [-0.1, -0.05) is 0 Å². The summed E-state index contributed by atoms with van der Waals surface area (Å²) in [4.78, 5) is 5.58. The minimum atomic E-state index is 0.826. The molecule has 3 nitrogen and oxygen atoms in total. The first-order chi connectivity index (χ1) is 8.28. The summed E-state index contributed by atoms with van der Waals surface area (Å²) >= 11 is 5.13. The van der Waals surface area contributed by atoms with E-state index in [0.29, 0.717) is 0 Å². The molecule has 5 heteroatoms. The third kappa shape index (κ3) is 1.85. The molecule has 3 heterocycles. The lowest BCUT2D eigenvalue weighted by Crippen LogP contribution is -1.90. The number of methoxy groups -OCH3 is 1. The average molecular weight is 309 g/mol. The Hall–Kier alpha value is -1.33. The fourth-order valence-corrected chi connectivity index (χ4v) is 3.09. The molecular weight excluding hydrogens is 300 g/mol. The van der Waals surface area contributed by atoms with Crippen molar-refractivity contribution in [3.05, 3.63) is 40.4 Å². The summed E-state index contributed by atoms with van der Waals surface area (Å²) in [7, 11) is 1.67. The average Bonchev–Trinajstić information content (AvgIpc) is 2.93. The SMILES string of the molecule is COc1ccc2cnc(-c3ccc(Br)s3)n2c1. The van der Waals surface area contributed by atoms with Crippen LogP contribution in [-0.4, -0.2) is 16.5 Å². The van der Waals surface area contributed by atoms with Gasteiger partial charge in [0.15, 0.2) is 5.82 Å². The van der Waals surface area contributed by atoms with Crippen LogP contribution in [0.4, 0.5) is 0 Å². The molecule has 0 atom stereocenters. The molecule has 3 aromatic rings. The summed E-state index contributed by atoms with van der Waals surface area (Å²) in [6.07, 6.45) is 3.81.